The van der Waals surface area contributed by atoms with Crippen molar-refractivity contribution in [3.63, 3.8) is 0 Å². The SMILES string of the molecule is COC(=O)C[C@H]1CC[C@@H](CC(=O)OC)N1[C@@H](C)c1ccccc1. The van der Waals surface area contributed by atoms with Crippen LogP contribution < -0.4 is 0 Å². The summed E-state index contributed by atoms with van der Waals surface area (Å²) in [6.45, 7) is 2.12. The number of carbonyl (C=O) groups excluding carboxylic acids is 2. The van der Waals surface area contributed by atoms with E-state index in [1.165, 1.54) is 19.8 Å². The molecule has 0 aromatic heterocycles. The van der Waals surface area contributed by atoms with Gasteiger partial charge in [-0.3, -0.25) is 14.5 Å². The van der Waals surface area contributed by atoms with Crippen molar-refractivity contribution in [1.29, 1.82) is 0 Å². The Morgan fingerprint density at radius 3 is 1.96 bits per heavy atom. The highest BCUT2D eigenvalue weighted by Crippen LogP contribution is 2.36. The molecule has 1 fully saturated rings. The van der Waals surface area contributed by atoms with E-state index in [0.29, 0.717) is 12.8 Å². The first kappa shape index (κ1) is 17.5. The first-order valence-corrected chi connectivity index (χ1v) is 8.02. The summed E-state index contributed by atoms with van der Waals surface area (Å²) in [5.74, 6) is -0.419. The molecule has 1 heterocycles. The summed E-state index contributed by atoms with van der Waals surface area (Å²) in [6.07, 6.45) is 2.47. The van der Waals surface area contributed by atoms with Gasteiger partial charge in [0.05, 0.1) is 27.1 Å². The third kappa shape index (κ3) is 4.32. The third-order valence-corrected chi connectivity index (χ3v) is 4.67. The molecule has 0 bridgehead atoms. The quantitative estimate of drug-likeness (QED) is 0.755. The molecular formula is C18H25NO4. The largest absolute Gasteiger partial charge is 0.469 e. The summed E-state index contributed by atoms with van der Waals surface area (Å²) >= 11 is 0. The average molecular weight is 319 g/mol. The van der Waals surface area contributed by atoms with E-state index in [2.05, 4.69) is 24.0 Å². The zero-order valence-electron chi connectivity index (χ0n) is 14.0. The predicted molar refractivity (Wildman–Crippen MR) is 86.8 cm³/mol. The van der Waals surface area contributed by atoms with Crippen molar-refractivity contribution >= 4 is 11.9 Å². The van der Waals surface area contributed by atoms with Crippen molar-refractivity contribution in [2.45, 2.75) is 50.7 Å². The van der Waals surface area contributed by atoms with E-state index >= 15 is 0 Å². The first-order chi connectivity index (χ1) is 11.1. The van der Waals surface area contributed by atoms with Crippen LogP contribution in [0.4, 0.5) is 0 Å². The summed E-state index contributed by atoms with van der Waals surface area (Å²) < 4.78 is 9.65. The van der Waals surface area contributed by atoms with Crippen LogP contribution in [0.15, 0.2) is 30.3 Å². The molecule has 0 unspecified atom stereocenters. The standard InChI is InChI=1S/C18H25NO4/c1-13(14-7-5-4-6-8-14)19-15(11-17(20)22-2)9-10-16(19)12-18(21)23-3/h4-8,13,15-16H,9-12H2,1-3H3/t13-,15-,16+/m0/s1. The number of esters is 2. The normalized spacial score (nSPS) is 22.6. The fourth-order valence-corrected chi connectivity index (χ4v) is 3.48. The number of nitrogens with zero attached hydrogens (tertiary/aromatic N) is 1. The molecule has 0 N–H and O–H groups in total. The Morgan fingerprint density at radius 2 is 1.52 bits per heavy atom. The van der Waals surface area contributed by atoms with Crippen molar-refractivity contribution in [2.75, 3.05) is 14.2 Å². The molecular weight excluding hydrogens is 294 g/mol. The lowest BCUT2D eigenvalue weighted by Crippen LogP contribution is -2.40. The minimum atomic E-state index is -0.209. The van der Waals surface area contributed by atoms with E-state index in [4.69, 9.17) is 9.47 Å². The lowest BCUT2D eigenvalue weighted by Gasteiger charge is -2.35. The van der Waals surface area contributed by atoms with Crippen LogP contribution >= 0.6 is 0 Å². The maximum atomic E-state index is 11.7. The Bertz CT molecular complexity index is 505. The number of ether oxygens (including phenoxy) is 2. The summed E-state index contributed by atoms with van der Waals surface area (Å²) in [7, 11) is 2.82. The lowest BCUT2D eigenvalue weighted by atomic mass is 10.0. The Kier molecular flexibility index (Phi) is 6.16. The Hall–Kier alpha value is -1.88. The van der Waals surface area contributed by atoms with Crippen molar-refractivity contribution in [3.8, 4) is 0 Å². The lowest BCUT2D eigenvalue weighted by molar-refractivity contribution is -0.142. The van der Waals surface area contributed by atoms with Gasteiger partial charge in [0.15, 0.2) is 0 Å². The van der Waals surface area contributed by atoms with Crippen LogP contribution in [0.1, 0.15) is 44.2 Å². The van der Waals surface area contributed by atoms with Gasteiger partial charge in [0.25, 0.3) is 0 Å². The monoisotopic (exact) mass is 319 g/mol. The minimum absolute atomic E-state index is 0.0901. The summed E-state index contributed by atoms with van der Waals surface area (Å²) in [5, 5.41) is 0. The fraction of sp³-hybridized carbons (Fsp3) is 0.556. The van der Waals surface area contributed by atoms with E-state index in [9.17, 15) is 9.59 Å². The van der Waals surface area contributed by atoms with Crippen LogP contribution in [0.3, 0.4) is 0 Å². The molecule has 0 spiro atoms. The molecule has 3 atom stereocenters. The second kappa shape index (κ2) is 8.11. The highest BCUT2D eigenvalue weighted by molar-refractivity contribution is 5.71. The highest BCUT2D eigenvalue weighted by atomic mass is 16.5. The zero-order chi connectivity index (χ0) is 16.8. The van der Waals surface area contributed by atoms with Crippen molar-refractivity contribution in [3.05, 3.63) is 35.9 Å². The molecule has 1 aliphatic heterocycles. The minimum Gasteiger partial charge on any atom is -0.469 e. The van der Waals surface area contributed by atoms with E-state index < -0.39 is 0 Å². The molecule has 1 aromatic rings. The molecule has 0 aliphatic carbocycles. The van der Waals surface area contributed by atoms with E-state index in [-0.39, 0.29) is 30.1 Å². The maximum Gasteiger partial charge on any atom is 0.307 e. The Labute approximate surface area is 137 Å². The smallest absolute Gasteiger partial charge is 0.307 e. The van der Waals surface area contributed by atoms with Gasteiger partial charge in [-0.2, -0.15) is 0 Å². The summed E-state index contributed by atoms with van der Waals surface area (Å²) in [5.41, 5.74) is 1.18. The molecule has 23 heavy (non-hydrogen) atoms. The van der Waals surface area contributed by atoms with E-state index in [1.807, 2.05) is 18.2 Å². The molecule has 0 saturated carbocycles. The fourth-order valence-electron chi connectivity index (χ4n) is 3.48. The molecule has 2 rings (SSSR count). The third-order valence-electron chi connectivity index (χ3n) is 4.67. The first-order valence-electron chi connectivity index (χ1n) is 8.02. The van der Waals surface area contributed by atoms with Crippen molar-refractivity contribution in [2.24, 2.45) is 0 Å². The molecule has 126 valence electrons. The summed E-state index contributed by atoms with van der Waals surface area (Å²) in [4.78, 5) is 25.7. The molecule has 1 aliphatic rings. The van der Waals surface area contributed by atoms with Crippen molar-refractivity contribution in [1.82, 2.24) is 4.90 Å². The molecule has 0 amide bonds. The van der Waals surface area contributed by atoms with Crippen LogP contribution in [0.2, 0.25) is 0 Å². The second-order valence-corrected chi connectivity index (χ2v) is 5.98. The number of rotatable bonds is 6. The topological polar surface area (TPSA) is 55.8 Å². The molecule has 5 nitrogen and oxygen atoms in total. The summed E-state index contributed by atoms with van der Waals surface area (Å²) in [6, 6.07) is 10.5. The van der Waals surface area contributed by atoms with Crippen LogP contribution in [0.5, 0.6) is 0 Å². The van der Waals surface area contributed by atoms with Gasteiger partial charge in [-0.15, -0.1) is 0 Å². The van der Waals surface area contributed by atoms with Gasteiger partial charge in [0, 0.05) is 18.1 Å². The van der Waals surface area contributed by atoms with Gasteiger partial charge in [-0.1, -0.05) is 30.3 Å². The van der Waals surface area contributed by atoms with Gasteiger partial charge in [0.2, 0.25) is 0 Å². The number of carbonyl (C=O) groups is 2. The highest BCUT2D eigenvalue weighted by Gasteiger charge is 2.39. The van der Waals surface area contributed by atoms with E-state index in [1.54, 1.807) is 0 Å². The van der Waals surface area contributed by atoms with Crippen LogP contribution in [-0.2, 0) is 19.1 Å². The molecule has 1 saturated heterocycles. The van der Waals surface area contributed by atoms with Gasteiger partial charge >= 0.3 is 11.9 Å². The van der Waals surface area contributed by atoms with Crippen LogP contribution in [-0.4, -0.2) is 43.1 Å². The molecule has 0 radical (unpaired) electrons. The van der Waals surface area contributed by atoms with Gasteiger partial charge in [0.1, 0.15) is 0 Å². The number of hydrogen-bond donors (Lipinski definition) is 0. The van der Waals surface area contributed by atoms with Gasteiger partial charge < -0.3 is 9.47 Å². The van der Waals surface area contributed by atoms with Gasteiger partial charge in [-0.25, -0.2) is 0 Å². The van der Waals surface area contributed by atoms with Gasteiger partial charge in [-0.05, 0) is 25.3 Å². The second-order valence-electron chi connectivity index (χ2n) is 5.98. The number of hydrogen-bond acceptors (Lipinski definition) is 5. The number of benzene rings is 1. The number of methoxy groups -OCH3 is 2. The number of likely N-dealkylation sites (tertiary alicyclic amines) is 1. The zero-order valence-corrected chi connectivity index (χ0v) is 14.0. The molecule has 1 aromatic carbocycles. The maximum absolute atomic E-state index is 11.7. The average Bonchev–Trinajstić information content (AvgIpc) is 2.96. The van der Waals surface area contributed by atoms with E-state index in [0.717, 1.165) is 12.8 Å². The van der Waals surface area contributed by atoms with Crippen LogP contribution in [0.25, 0.3) is 0 Å². The van der Waals surface area contributed by atoms with Crippen molar-refractivity contribution < 1.29 is 19.1 Å². The predicted octanol–water partition coefficient (Wildman–Crippen LogP) is 2.71. The Balaban J connectivity index is 2.20. The molecule has 5 heteroatoms. The Morgan fingerprint density at radius 1 is 1.04 bits per heavy atom. The van der Waals surface area contributed by atoms with Crippen LogP contribution in [0, 0.1) is 0 Å².